The van der Waals surface area contributed by atoms with Gasteiger partial charge in [0, 0.05) is 51.3 Å². The fourth-order valence-corrected chi connectivity index (χ4v) is 5.01. The predicted molar refractivity (Wildman–Crippen MR) is 143 cm³/mol. The molecule has 5 rings (SSSR count). The third-order valence-electron chi connectivity index (χ3n) is 6.53. The minimum absolute atomic E-state index is 0.785. The minimum atomic E-state index is 0.785. The Balaban J connectivity index is 1.44. The Morgan fingerprint density at radius 1 is 0.697 bits per heavy atom. The van der Waals surface area contributed by atoms with Crippen LogP contribution in [-0.4, -0.2) is 11.1 Å². The second-order valence-electron chi connectivity index (χ2n) is 8.68. The summed E-state index contributed by atoms with van der Waals surface area (Å²) >= 11 is 6.33. The topological polar surface area (TPSA) is 8.17 Å². The normalized spacial score (nSPS) is 11.4. The molecule has 0 aliphatic carbocycles. The molecule has 0 N–H and O–H groups in total. The summed E-state index contributed by atoms with van der Waals surface area (Å²) in [5.41, 5.74) is 8.88. The fourth-order valence-electron chi connectivity index (χ4n) is 4.84. The Morgan fingerprint density at radius 3 is 1.91 bits per heavy atom. The second-order valence-corrected chi connectivity index (χ2v) is 9.12. The molecular weight excluding hydrogens is 424 g/mol. The monoisotopic (exact) mass is 452 g/mol. The Kier molecular flexibility index (Phi) is 5.86. The number of nitrogens with zero attached hydrogens (tertiary/aromatic N) is 2. The van der Waals surface area contributed by atoms with Crippen LogP contribution >= 0.6 is 11.6 Å². The van der Waals surface area contributed by atoms with Crippen molar-refractivity contribution in [2.45, 2.75) is 33.7 Å². The molecule has 0 bridgehead atoms. The highest BCUT2D eigenvalue weighted by Gasteiger charge is 2.12. The smallest absolute Gasteiger partial charge is 0.0492 e. The van der Waals surface area contributed by atoms with Crippen molar-refractivity contribution in [2.75, 3.05) is 11.4 Å². The van der Waals surface area contributed by atoms with Gasteiger partial charge in [0.1, 0.15) is 0 Å². The summed E-state index contributed by atoms with van der Waals surface area (Å²) in [5, 5.41) is 3.29. The van der Waals surface area contributed by atoms with Gasteiger partial charge in [-0.25, -0.2) is 0 Å². The lowest BCUT2D eigenvalue weighted by Crippen LogP contribution is -2.15. The maximum Gasteiger partial charge on any atom is 0.0492 e. The van der Waals surface area contributed by atoms with E-state index < -0.39 is 0 Å². The van der Waals surface area contributed by atoms with Crippen molar-refractivity contribution in [1.29, 1.82) is 0 Å². The van der Waals surface area contributed by atoms with E-state index in [4.69, 9.17) is 11.6 Å². The number of hydrogen-bond donors (Lipinski definition) is 0. The highest BCUT2D eigenvalue weighted by atomic mass is 35.5. The van der Waals surface area contributed by atoms with Crippen LogP contribution in [0.4, 0.5) is 11.4 Å². The Morgan fingerprint density at radius 2 is 1.27 bits per heavy atom. The molecule has 1 heterocycles. The first-order valence-electron chi connectivity index (χ1n) is 11.7. The number of rotatable bonds is 6. The molecule has 0 aliphatic heterocycles. The first-order valence-corrected chi connectivity index (χ1v) is 12.1. The van der Waals surface area contributed by atoms with Gasteiger partial charge in [-0.3, -0.25) is 0 Å². The van der Waals surface area contributed by atoms with Crippen LogP contribution in [0.5, 0.6) is 0 Å². The Bertz CT molecular complexity index is 1410. The summed E-state index contributed by atoms with van der Waals surface area (Å²) in [6.45, 7) is 8.39. The van der Waals surface area contributed by atoms with E-state index in [2.05, 4.69) is 109 Å². The summed E-state index contributed by atoms with van der Waals surface area (Å²) in [5.74, 6) is 0. The van der Waals surface area contributed by atoms with Gasteiger partial charge in [0.15, 0.2) is 0 Å². The highest BCUT2D eigenvalue weighted by molar-refractivity contribution is 6.31. The van der Waals surface area contributed by atoms with E-state index in [1.807, 2.05) is 6.07 Å². The minimum Gasteiger partial charge on any atom is -0.342 e. The van der Waals surface area contributed by atoms with E-state index in [9.17, 15) is 0 Å². The van der Waals surface area contributed by atoms with Crippen LogP contribution in [0.3, 0.4) is 0 Å². The number of anilines is 2. The number of fused-ring (bicyclic) bond motifs is 3. The number of halogens is 1. The molecule has 1 aromatic heterocycles. The summed E-state index contributed by atoms with van der Waals surface area (Å²) in [7, 11) is 0. The predicted octanol–water partition coefficient (Wildman–Crippen LogP) is 8.53. The molecule has 0 atom stereocenters. The van der Waals surface area contributed by atoms with Crippen molar-refractivity contribution >= 4 is 44.8 Å². The van der Waals surface area contributed by atoms with E-state index in [-0.39, 0.29) is 0 Å². The lowest BCUT2D eigenvalue weighted by atomic mass is 10.0. The lowest BCUT2D eigenvalue weighted by Gasteiger charge is -2.23. The van der Waals surface area contributed by atoms with Crippen LogP contribution in [0.15, 0.2) is 84.9 Å². The zero-order chi connectivity index (χ0) is 22.9. The van der Waals surface area contributed by atoms with Crippen LogP contribution in [0.25, 0.3) is 21.8 Å². The van der Waals surface area contributed by atoms with E-state index in [0.717, 1.165) is 24.5 Å². The van der Waals surface area contributed by atoms with E-state index in [1.165, 1.54) is 49.9 Å². The molecule has 5 aromatic rings. The van der Waals surface area contributed by atoms with Gasteiger partial charge in [-0.1, -0.05) is 47.5 Å². The molecule has 0 amide bonds. The van der Waals surface area contributed by atoms with Crippen LogP contribution in [0.2, 0.25) is 5.02 Å². The van der Waals surface area contributed by atoms with Crippen molar-refractivity contribution < 1.29 is 0 Å². The molecule has 33 heavy (non-hydrogen) atoms. The summed E-state index contributed by atoms with van der Waals surface area (Å²) in [6.07, 6.45) is 0.909. The van der Waals surface area contributed by atoms with Crippen LogP contribution < -0.4 is 4.90 Å². The standard InChI is InChI=1S/C30H29ClN2/c1-4-32(25-12-6-21(3)7-13-25)26-14-8-22(9-15-26)18-23-10-16-29-27(19-23)28-20-24(31)11-17-30(28)33(29)5-2/h6-17,19-20H,4-5,18H2,1-3H3. The SMILES string of the molecule is CCN(c1ccc(C)cc1)c1ccc(Cc2ccc3c(c2)c2cc(Cl)ccc2n3CC)cc1. The molecule has 0 saturated carbocycles. The van der Waals surface area contributed by atoms with Crippen molar-refractivity contribution in [3.63, 3.8) is 0 Å². The molecule has 0 unspecified atom stereocenters. The molecule has 3 heteroatoms. The van der Waals surface area contributed by atoms with Crippen molar-refractivity contribution in [1.82, 2.24) is 4.57 Å². The number of benzene rings is 4. The third-order valence-corrected chi connectivity index (χ3v) is 6.76. The number of aryl methyl sites for hydroxylation is 2. The second kappa shape index (κ2) is 8.96. The maximum atomic E-state index is 6.33. The van der Waals surface area contributed by atoms with Crippen LogP contribution in [0, 0.1) is 6.92 Å². The lowest BCUT2D eigenvalue weighted by molar-refractivity contribution is 0.827. The first kappa shape index (κ1) is 21.6. The zero-order valence-corrected chi connectivity index (χ0v) is 20.2. The molecular formula is C30H29ClN2. The van der Waals surface area contributed by atoms with Crippen LogP contribution in [-0.2, 0) is 13.0 Å². The fraction of sp³-hybridized carbons (Fsp3) is 0.200. The average Bonchev–Trinajstić information content (AvgIpc) is 3.14. The van der Waals surface area contributed by atoms with Gasteiger partial charge >= 0.3 is 0 Å². The molecule has 166 valence electrons. The van der Waals surface area contributed by atoms with E-state index in [1.54, 1.807) is 0 Å². The van der Waals surface area contributed by atoms with Gasteiger partial charge in [-0.05, 0) is 92.9 Å². The molecule has 4 aromatic carbocycles. The van der Waals surface area contributed by atoms with Gasteiger partial charge in [-0.15, -0.1) is 0 Å². The maximum absolute atomic E-state index is 6.33. The first-order chi connectivity index (χ1) is 16.1. The van der Waals surface area contributed by atoms with E-state index in [0.29, 0.717) is 0 Å². The Hall–Kier alpha value is -3.23. The van der Waals surface area contributed by atoms with Crippen molar-refractivity contribution in [3.05, 3.63) is 107 Å². The summed E-state index contributed by atoms with van der Waals surface area (Å²) in [6, 6.07) is 30.8. The average molecular weight is 453 g/mol. The summed E-state index contributed by atoms with van der Waals surface area (Å²) < 4.78 is 2.37. The quantitative estimate of drug-likeness (QED) is 0.250. The summed E-state index contributed by atoms with van der Waals surface area (Å²) in [4.78, 5) is 2.35. The molecule has 0 saturated heterocycles. The van der Waals surface area contributed by atoms with Gasteiger partial charge in [-0.2, -0.15) is 0 Å². The molecule has 0 fully saturated rings. The molecule has 0 spiro atoms. The Labute approximate surface area is 201 Å². The number of aromatic nitrogens is 1. The van der Waals surface area contributed by atoms with Gasteiger partial charge in [0.05, 0.1) is 0 Å². The van der Waals surface area contributed by atoms with Gasteiger partial charge in [0.2, 0.25) is 0 Å². The van der Waals surface area contributed by atoms with Gasteiger partial charge in [0.25, 0.3) is 0 Å². The van der Waals surface area contributed by atoms with E-state index >= 15 is 0 Å². The molecule has 0 aliphatic rings. The van der Waals surface area contributed by atoms with Crippen LogP contribution in [0.1, 0.15) is 30.5 Å². The van der Waals surface area contributed by atoms with Crippen molar-refractivity contribution in [2.24, 2.45) is 0 Å². The molecule has 2 nitrogen and oxygen atoms in total. The largest absolute Gasteiger partial charge is 0.342 e. The van der Waals surface area contributed by atoms with Gasteiger partial charge < -0.3 is 9.47 Å². The van der Waals surface area contributed by atoms with Crippen molar-refractivity contribution in [3.8, 4) is 0 Å². The third kappa shape index (κ3) is 4.12. The highest BCUT2D eigenvalue weighted by Crippen LogP contribution is 2.32. The molecule has 0 radical (unpaired) electrons. The number of hydrogen-bond acceptors (Lipinski definition) is 1. The zero-order valence-electron chi connectivity index (χ0n) is 19.5.